The molecule has 0 atom stereocenters. The third-order valence-corrected chi connectivity index (χ3v) is 7.51. The summed E-state index contributed by atoms with van der Waals surface area (Å²) in [7, 11) is 0. The molecule has 10 heteroatoms. The Labute approximate surface area is 208 Å². The molecule has 182 valence electrons. The van der Waals surface area contributed by atoms with Crippen molar-refractivity contribution in [2.45, 2.75) is 24.3 Å². The van der Waals surface area contributed by atoms with Crippen LogP contribution in [-0.2, 0) is 4.79 Å². The van der Waals surface area contributed by atoms with Crippen molar-refractivity contribution in [1.82, 2.24) is 14.9 Å². The average Bonchev–Trinajstić information content (AvgIpc) is 2.92. The van der Waals surface area contributed by atoms with Gasteiger partial charge in [-0.05, 0) is 43.5 Å². The number of nitrogens with zero attached hydrogens (tertiary/aromatic N) is 6. The summed E-state index contributed by atoms with van der Waals surface area (Å²) in [6.45, 7) is 4.59. The van der Waals surface area contributed by atoms with Crippen LogP contribution in [-0.4, -0.2) is 70.7 Å². The lowest BCUT2D eigenvalue weighted by atomic mass is 10.1. The summed E-state index contributed by atoms with van der Waals surface area (Å²) in [5.41, 5.74) is 2.75. The zero-order chi connectivity index (χ0) is 24.2. The minimum atomic E-state index is -0.394. The highest BCUT2D eigenvalue weighted by Crippen LogP contribution is 2.31. The number of nitro groups is 1. The van der Waals surface area contributed by atoms with E-state index in [2.05, 4.69) is 9.80 Å². The van der Waals surface area contributed by atoms with E-state index < -0.39 is 4.92 Å². The standard InChI is InChI=1S/C25H28N6O3S/c32-23(29-16-14-28(15-17-29)19-8-10-20(11-9-19)31(33)34)18-35-25-24(30-12-4-1-5-13-30)26-21-6-2-3-7-22(21)27-25/h2-3,6-11H,1,4-5,12-18H2. The molecule has 0 radical (unpaired) electrons. The number of piperidine rings is 1. The summed E-state index contributed by atoms with van der Waals surface area (Å²) in [5, 5.41) is 11.7. The van der Waals surface area contributed by atoms with Crippen molar-refractivity contribution < 1.29 is 9.72 Å². The van der Waals surface area contributed by atoms with Crippen molar-refractivity contribution in [3.8, 4) is 0 Å². The third kappa shape index (κ3) is 5.32. The van der Waals surface area contributed by atoms with E-state index in [0.717, 1.165) is 53.5 Å². The number of carbonyl (C=O) groups is 1. The lowest BCUT2D eigenvalue weighted by molar-refractivity contribution is -0.384. The maximum atomic E-state index is 13.0. The number of anilines is 2. The summed E-state index contributed by atoms with van der Waals surface area (Å²) in [5.74, 6) is 1.31. The molecule has 2 aromatic carbocycles. The van der Waals surface area contributed by atoms with Gasteiger partial charge < -0.3 is 14.7 Å². The molecule has 0 bridgehead atoms. The van der Waals surface area contributed by atoms with Gasteiger partial charge in [0.1, 0.15) is 5.03 Å². The number of benzene rings is 2. The Kier molecular flexibility index (Phi) is 6.98. The van der Waals surface area contributed by atoms with E-state index in [1.165, 1.54) is 30.3 Å². The van der Waals surface area contributed by atoms with Crippen molar-refractivity contribution >= 4 is 45.9 Å². The summed E-state index contributed by atoms with van der Waals surface area (Å²) in [4.78, 5) is 39.7. The molecule has 0 N–H and O–H groups in total. The van der Waals surface area contributed by atoms with Crippen molar-refractivity contribution in [2.75, 3.05) is 54.8 Å². The molecular weight excluding hydrogens is 464 g/mol. The second-order valence-electron chi connectivity index (χ2n) is 8.82. The first-order chi connectivity index (χ1) is 17.1. The monoisotopic (exact) mass is 492 g/mol. The molecule has 2 aliphatic rings. The summed E-state index contributed by atoms with van der Waals surface area (Å²) < 4.78 is 0. The van der Waals surface area contributed by atoms with Gasteiger partial charge in [0.05, 0.1) is 21.7 Å². The minimum absolute atomic E-state index is 0.0836. The second kappa shape index (κ2) is 10.5. The number of rotatable bonds is 6. The first-order valence-electron chi connectivity index (χ1n) is 12.0. The Morgan fingerprint density at radius 3 is 2.17 bits per heavy atom. The molecule has 0 unspecified atom stereocenters. The quantitative estimate of drug-likeness (QED) is 0.290. The zero-order valence-corrected chi connectivity index (χ0v) is 20.3. The number of para-hydroxylation sites is 2. The van der Waals surface area contributed by atoms with Crippen molar-refractivity contribution in [2.24, 2.45) is 0 Å². The van der Waals surface area contributed by atoms with E-state index in [4.69, 9.17) is 9.97 Å². The van der Waals surface area contributed by atoms with Crippen LogP contribution in [0.3, 0.4) is 0 Å². The van der Waals surface area contributed by atoms with Crippen LogP contribution in [0.25, 0.3) is 11.0 Å². The van der Waals surface area contributed by atoms with Crippen LogP contribution >= 0.6 is 11.8 Å². The molecule has 0 saturated carbocycles. The van der Waals surface area contributed by atoms with Crippen molar-refractivity contribution in [3.05, 3.63) is 58.6 Å². The number of carbonyl (C=O) groups excluding carboxylic acids is 1. The van der Waals surface area contributed by atoms with Gasteiger partial charge in [0.15, 0.2) is 5.82 Å². The molecule has 2 aliphatic heterocycles. The molecule has 5 rings (SSSR count). The number of amides is 1. The Bertz CT molecular complexity index is 1210. The molecular formula is C25H28N6O3S. The van der Waals surface area contributed by atoms with Crippen molar-refractivity contribution in [3.63, 3.8) is 0 Å². The molecule has 9 nitrogen and oxygen atoms in total. The summed E-state index contributed by atoms with van der Waals surface area (Å²) in [6, 6.07) is 14.5. The van der Waals surface area contributed by atoms with Crippen molar-refractivity contribution in [1.29, 1.82) is 0 Å². The smallest absolute Gasteiger partial charge is 0.269 e. The maximum Gasteiger partial charge on any atom is 0.269 e. The van der Waals surface area contributed by atoms with Gasteiger partial charge in [-0.1, -0.05) is 23.9 Å². The van der Waals surface area contributed by atoms with Gasteiger partial charge in [-0.15, -0.1) is 0 Å². The van der Waals surface area contributed by atoms with Gasteiger partial charge >= 0.3 is 0 Å². The molecule has 3 heterocycles. The number of nitro benzene ring substituents is 1. The fraction of sp³-hybridized carbons (Fsp3) is 0.400. The summed E-state index contributed by atoms with van der Waals surface area (Å²) in [6.07, 6.45) is 3.54. The lowest BCUT2D eigenvalue weighted by Gasteiger charge is -2.36. The molecule has 0 aliphatic carbocycles. The van der Waals surface area contributed by atoms with Gasteiger partial charge in [0, 0.05) is 57.1 Å². The van der Waals surface area contributed by atoms with E-state index >= 15 is 0 Å². The van der Waals surface area contributed by atoms with Gasteiger partial charge in [0.2, 0.25) is 5.91 Å². The van der Waals surface area contributed by atoms with E-state index in [-0.39, 0.29) is 11.6 Å². The van der Waals surface area contributed by atoms with Crippen LogP contribution in [0, 0.1) is 10.1 Å². The van der Waals surface area contributed by atoms with Crippen LogP contribution in [0.15, 0.2) is 53.6 Å². The van der Waals surface area contributed by atoms with Crippen LogP contribution in [0.1, 0.15) is 19.3 Å². The van der Waals surface area contributed by atoms with Gasteiger partial charge in [-0.25, -0.2) is 9.97 Å². The highest BCUT2D eigenvalue weighted by atomic mass is 32.2. The average molecular weight is 493 g/mol. The molecule has 1 aromatic heterocycles. The lowest BCUT2D eigenvalue weighted by Crippen LogP contribution is -2.49. The normalized spacial score (nSPS) is 16.5. The van der Waals surface area contributed by atoms with Gasteiger partial charge in [0.25, 0.3) is 5.69 Å². The Hall–Kier alpha value is -3.40. The molecule has 1 amide bonds. The number of hydrogen-bond acceptors (Lipinski definition) is 8. The van der Waals surface area contributed by atoms with Crippen LogP contribution < -0.4 is 9.80 Å². The van der Waals surface area contributed by atoms with Crippen LogP contribution in [0.5, 0.6) is 0 Å². The first-order valence-corrected chi connectivity index (χ1v) is 13.0. The van der Waals surface area contributed by atoms with E-state index in [1.54, 1.807) is 12.1 Å². The topological polar surface area (TPSA) is 95.7 Å². The van der Waals surface area contributed by atoms with E-state index in [0.29, 0.717) is 31.9 Å². The zero-order valence-electron chi connectivity index (χ0n) is 19.5. The van der Waals surface area contributed by atoms with E-state index in [1.807, 2.05) is 29.2 Å². The molecule has 2 saturated heterocycles. The van der Waals surface area contributed by atoms with Gasteiger partial charge in [-0.2, -0.15) is 0 Å². The Morgan fingerprint density at radius 2 is 1.51 bits per heavy atom. The highest BCUT2D eigenvalue weighted by Gasteiger charge is 2.24. The first kappa shape index (κ1) is 23.3. The number of aromatic nitrogens is 2. The number of thioether (sulfide) groups is 1. The van der Waals surface area contributed by atoms with Crippen LogP contribution in [0.2, 0.25) is 0 Å². The maximum absolute atomic E-state index is 13.0. The number of hydrogen-bond donors (Lipinski definition) is 0. The highest BCUT2D eigenvalue weighted by molar-refractivity contribution is 8.00. The van der Waals surface area contributed by atoms with E-state index in [9.17, 15) is 14.9 Å². The van der Waals surface area contributed by atoms with Gasteiger partial charge in [-0.3, -0.25) is 14.9 Å². The Morgan fingerprint density at radius 1 is 0.857 bits per heavy atom. The second-order valence-corrected chi connectivity index (χ2v) is 9.78. The molecule has 0 spiro atoms. The SMILES string of the molecule is O=C(CSc1nc2ccccc2nc1N1CCCCC1)N1CCN(c2ccc([N+](=O)[O-])cc2)CC1. The Balaban J connectivity index is 1.22. The predicted molar refractivity (Wildman–Crippen MR) is 138 cm³/mol. The number of fused-ring (bicyclic) bond motifs is 1. The number of non-ortho nitro benzene ring substituents is 1. The molecule has 35 heavy (non-hydrogen) atoms. The number of piperazine rings is 1. The summed E-state index contributed by atoms with van der Waals surface area (Å²) >= 11 is 1.47. The minimum Gasteiger partial charge on any atom is -0.368 e. The third-order valence-electron chi connectivity index (χ3n) is 6.57. The fourth-order valence-corrected chi connectivity index (χ4v) is 5.51. The van der Waals surface area contributed by atoms with Crippen LogP contribution in [0.4, 0.5) is 17.2 Å². The molecule has 2 fully saturated rings. The largest absolute Gasteiger partial charge is 0.368 e. The molecule has 3 aromatic rings. The predicted octanol–water partition coefficient (Wildman–Crippen LogP) is 3.97. The fourth-order valence-electron chi connectivity index (χ4n) is 4.60.